The molecule has 0 aromatic heterocycles. The molecule has 0 aliphatic heterocycles. The molecule has 0 aliphatic carbocycles. The molecule has 1 amide bonds. The van der Waals surface area contributed by atoms with E-state index in [1.807, 2.05) is 13.0 Å². The molecule has 0 aliphatic rings. The van der Waals surface area contributed by atoms with Crippen LogP contribution in [0.1, 0.15) is 23.7 Å². The highest BCUT2D eigenvalue weighted by atomic mass is 16.2. The number of amides is 1. The van der Waals surface area contributed by atoms with Gasteiger partial charge >= 0.3 is 0 Å². The van der Waals surface area contributed by atoms with Crippen molar-refractivity contribution in [2.45, 2.75) is 19.4 Å². The molecule has 90 valence electrons. The molecule has 5 heteroatoms. The second-order valence-electron chi connectivity index (χ2n) is 3.97. The van der Waals surface area contributed by atoms with Gasteiger partial charge in [-0.15, -0.1) is 0 Å². The van der Waals surface area contributed by atoms with E-state index in [4.69, 9.17) is 16.7 Å². The number of hydrogen-bond acceptors (Lipinski definition) is 4. The summed E-state index contributed by atoms with van der Waals surface area (Å²) in [5, 5.41) is 8.60. The maximum Gasteiger partial charge on any atom is 0.255 e. The lowest BCUT2D eigenvalue weighted by molar-refractivity contribution is 0.0747. The molecule has 0 saturated heterocycles. The van der Waals surface area contributed by atoms with E-state index < -0.39 is 0 Å². The van der Waals surface area contributed by atoms with Crippen LogP contribution in [0.3, 0.4) is 0 Å². The molecule has 1 rings (SSSR count). The Balaban J connectivity index is 2.93. The maximum atomic E-state index is 12.1. The van der Waals surface area contributed by atoms with Crippen molar-refractivity contribution < 1.29 is 4.79 Å². The minimum atomic E-state index is -0.203. The molecule has 0 radical (unpaired) electrons. The smallest absolute Gasteiger partial charge is 0.255 e. The standard InChI is InChI=1S/C12H16N4O/c1-8(5-6-13)16(2)12(17)10-4-3-9(14)7-11(10)15/h3-4,7-8H,5,14-15H2,1-2H3. The number of carbonyl (C=O) groups excluding carboxylic acids is 1. The molecule has 1 atom stereocenters. The second-order valence-corrected chi connectivity index (χ2v) is 3.97. The molecule has 0 saturated carbocycles. The van der Waals surface area contributed by atoms with Crippen LogP contribution in [-0.4, -0.2) is 23.9 Å². The minimum absolute atomic E-state index is 0.149. The number of benzene rings is 1. The van der Waals surface area contributed by atoms with E-state index in [1.54, 1.807) is 25.2 Å². The second kappa shape index (κ2) is 5.21. The van der Waals surface area contributed by atoms with Crippen molar-refractivity contribution in [3.63, 3.8) is 0 Å². The van der Waals surface area contributed by atoms with Gasteiger partial charge in [0.2, 0.25) is 0 Å². The topological polar surface area (TPSA) is 96.1 Å². The van der Waals surface area contributed by atoms with Gasteiger partial charge in [-0.05, 0) is 25.1 Å². The van der Waals surface area contributed by atoms with E-state index in [0.29, 0.717) is 16.9 Å². The van der Waals surface area contributed by atoms with E-state index in [0.717, 1.165) is 0 Å². The first-order chi connectivity index (χ1) is 7.97. The molecule has 0 spiro atoms. The summed E-state index contributed by atoms with van der Waals surface area (Å²) in [5.41, 5.74) is 12.6. The minimum Gasteiger partial charge on any atom is -0.399 e. The van der Waals surface area contributed by atoms with Gasteiger partial charge in [0.1, 0.15) is 0 Å². The third-order valence-corrected chi connectivity index (χ3v) is 2.67. The average molecular weight is 232 g/mol. The lowest BCUT2D eigenvalue weighted by Gasteiger charge is -2.23. The van der Waals surface area contributed by atoms with Crippen molar-refractivity contribution in [1.82, 2.24) is 4.90 Å². The van der Waals surface area contributed by atoms with Crippen LogP contribution in [0.25, 0.3) is 0 Å². The van der Waals surface area contributed by atoms with E-state index in [1.165, 1.54) is 4.90 Å². The van der Waals surface area contributed by atoms with Crippen LogP contribution in [-0.2, 0) is 0 Å². The third kappa shape index (κ3) is 2.88. The normalized spacial score (nSPS) is 11.6. The van der Waals surface area contributed by atoms with Crippen molar-refractivity contribution in [3.05, 3.63) is 23.8 Å². The van der Waals surface area contributed by atoms with Gasteiger partial charge in [-0.2, -0.15) is 5.26 Å². The molecule has 1 aromatic rings. The number of nitrogen functional groups attached to an aromatic ring is 2. The summed E-state index contributed by atoms with van der Waals surface area (Å²) in [4.78, 5) is 13.6. The number of carbonyl (C=O) groups is 1. The molecule has 1 unspecified atom stereocenters. The van der Waals surface area contributed by atoms with E-state index in [-0.39, 0.29) is 18.4 Å². The summed E-state index contributed by atoms with van der Waals surface area (Å²) in [5.74, 6) is -0.203. The van der Waals surface area contributed by atoms with Crippen LogP contribution >= 0.6 is 0 Å². The summed E-state index contributed by atoms with van der Waals surface area (Å²) in [6.45, 7) is 1.81. The molecule has 1 aromatic carbocycles. The summed E-state index contributed by atoms with van der Waals surface area (Å²) in [6, 6.07) is 6.67. The predicted octanol–water partition coefficient (Wildman–Crippen LogP) is 1.23. The lowest BCUT2D eigenvalue weighted by atomic mass is 10.1. The predicted molar refractivity (Wildman–Crippen MR) is 67.1 cm³/mol. The van der Waals surface area contributed by atoms with Crippen LogP contribution in [0.4, 0.5) is 11.4 Å². The summed E-state index contributed by atoms with van der Waals surface area (Å²) in [6.07, 6.45) is 0.289. The zero-order valence-electron chi connectivity index (χ0n) is 9.97. The number of nitriles is 1. The molecule has 17 heavy (non-hydrogen) atoms. The number of anilines is 2. The maximum absolute atomic E-state index is 12.1. The van der Waals surface area contributed by atoms with Gasteiger partial charge in [-0.25, -0.2) is 0 Å². The van der Waals surface area contributed by atoms with Crippen LogP contribution in [0.5, 0.6) is 0 Å². The number of nitrogens with two attached hydrogens (primary N) is 2. The SMILES string of the molecule is CC(CC#N)N(C)C(=O)c1ccc(N)cc1N. The van der Waals surface area contributed by atoms with Crippen LogP contribution in [0.2, 0.25) is 0 Å². The molecule has 0 fully saturated rings. The van der Waals surface area contributed by atoms with Crippen LogP contribution < -0.4 is 11.5 Å². The van der Waals surface area contributed by atoms with E-state index in [9.17, 15) is 4.79 Å². The highest BCUT2D eigenvalue weighted by molar-refractivity contribution is 5.99. The molecular weight excluding hydrogens is 216 g/mol. The molecular formula is C12H16N4O. The zero-order valence-corrected chi connectivity index (χ0v) is 9.97. The Morgan fingerprint density at radius 3 is 2.71 bits per heavy atom. The van der Waals surface area contributed by atoms with Crippen molar-refractivity contribution in [2.24, 2.45) is 0 Å². The fraction of sp³-hybridized carbons (Fsp3) is 0.333. The van der Waals surface area contributed by atoms with Crippen molar-refractivity contribution in [1.29, 1.82) is 5.26 Å². The quantitative estimate of drug-likeness (QED) is 0.766. The third-order valence-electron chi connectivity index (χ3n) is 2.67. The summed E-state index contributed by atoms with van der Waals surface area (Å²) in [7, 11) is 1.65. The molecule has 0 heterocycles. The Morgan fingerprint density at radius 2 is 2.18 bits per heavy atom. The van der Waals surface area contributed by atoms with Crippen molar-refractivity contribution >= 4 is 17.3 Å². The van der Waals surface area contributed by atoms with Gasteiger partial charge in [-0.1, -0.05) is 0 Å². The van der Waals surface area contributed by atoms with Crippen molar-refractivity contribution in [2.75, 3.05) is 18.5 Å². The highest BCUT2D eigenvalue weighted by Crippen LogP contribution is 2.18. The van der Waals surface area contributed by atoms with Gasteiger partial charge in [0, 0.05) is 24.5 Å². The first kappa shape index (κ1) is 12.8. The van der Waals surface area contributed by atoms with E-state index >= 15 is 0 Å². The first-order valence-electron chi connectivity index (χ1n) is 5.26. The Kier molecular flexibility index (Phi) is 3.94. The molecule has 5 nitrogen and oxygen atoms in total. The Labute approximate surface area is 101 Å². The van der Waals surface area contributed by atoms with Crippen LogP contribution in [0, 0.1) is 11.3 Å². The van der Waals surface area contributed by atoms with Gasteiger partial charge in [0.15, 0.2) is 0 Å². The number of nitrogens with zero attached hydrogens (tertiary/aromatic N) is 2. The van der Waals surface area contributed by atoms with Gasteiger partial charge in [-0.3, -0.25) is 4.79 Å². The highest BCUT2D eigenvalue weighted by Gasteiger charge is 2.19. The summed E-state index contributed by atoms with van der Waals surface area (Å²) >= 11 is 0. The monoisotopic (exact) mass is 232 g/mol. The fourth-order valence-corrected chi connectivity index (χ4v) is 1.44. The summed E-state index contributed by atoms with van der Waals surface area (Å²) < 4.78 is 0. The zero-order chi connectivity index (χ0) is 13.0. The lowest BCUT2D eigenvalue weighted by Crippen LogP contribution is -2.35. The van der Waals surface area contributed by atoms with Crippen LogP contribution in [0.15, 0.2) is 18.2 Å². The Hall–Kier alpha value is -2.22. The Bertz CT molecular complexity index is 464. The molecule has 0 bridgehead atoms. The van der Waals surface area contributed by atoms with Gasteiger partial charge < -0.3 is 16.4 Å². The molecule has 4 N–H and O–H groups in total. The van der Waals surface area contributed by atoms with Gasteiger partial charge in [0.05, 0.1) is 18.1 Å². The average Bonchev–Trinajstić information content (AvgIpc) is 2.27. The fourth-order valence-electron chi connectivity index (χ4n) is 1.44. The number of rotatable bonds is 3. The number of hydrogen-bond donors (Lipinski definition) is 2. The Morgan fingerprint density at radius 1 is 1.53 bits per heavy atom. The largest absolute Gasteiger partial charge is 0.399 e. The first-order valence-corrected chi connectivity index (χ1v) is 5.26. The van der Waals surface area contributed by atoms with E-state index in [2.05, 4.69) is 0 Å². The van der Waals surface area contributed by atoms with Gasteiger partial charge in [0.25, 0.3) is 5.91 Å². The van der Waals surface area contributed by atoms with Crippen molar-refractivity contribution in [3.8, 4) is 6.07 Å².